The molecule has 0 unspecified atom stereocenters. The van der Waals surface area contributed by atoms with Crippen LogP contribution in [0.5, 0.6) is 0 Å². The lowest BCUT2D eigenvalue weighted by Crippen LogP contribution is -2.68. The van der Waals surface area contributed by atoms with E-state index in [2.05, 4.69) is 4.52 Å². The second-order valence-corrected chi connectivity index (χ2v) is 15.8. The predicted octanol–water partition coefficient (Wildman–Crippen LogP) is -11.8. The zero-order valence-corrected chi connectivity index (χ0v) is 31.9. The van der Waals surface area contributed by atoms with E-state index in [1.54, 1.807) is 0 Å². The quantitative estimate of drug-likeness (QED) is 0.0678. The largest absolute Gasteiger partial charge is 0.469 e. The van der Waals surface area contributed by atoms with E-state index >= 15 is 0 Å². The number of phosphoric ester groups is 1. The molecule has 0 amide bonds. The summed E-state index contributed by atoms with van der Waals surface area (Å²) in [5.74, 6) is 0. The van der Waals surface area contributed by atoms with E-state index in [0.717, 1.165) is 0 Å². The van der Waals surface area contributed by atoms with Gasteiger partial charge in [0.2, 0.25) is 0 Å². The van der Waals surface area contributed by atoms with E-state index in [9.17, 15) is 86.3 Å². The molecular weight excluding hydrogens is 855 g/mol. The third-order valence-electron chi connectivity index (χ3n) is 10.5. The number of phosphoric acid groups is 1. The van der Waals surface area contributed by atoms with Gasteiger partial charge in [-0.3, -0.25) is 4.52 Å². The molecule has 18 N–H and O–H groups in total. The molecule has 0 aromatic rings. The zero-order chi connectivity index (χ0) is 44.5. The van der Waals surface area contributed by atoms with Crippen LogP contribution in [0, 0.1) is 0 Å². The summed E-state index contributed by atoms with van der Waals surface area (Å²) in [6, 6.07) is 0. The number of hydrogen-bond acceptors (Lipinski definition) is 27. The maximum absolute atomic E-state index is 11.4. The lowest BCUT2D eigenvalue weighted by atomic mass is 9.95. The van der Waals surface area contributed by atoms with Gasteiger partial charge in [0, 0.05) is 0 Å². The molecule has 0 spiro atoms. The molecule has 29 nitrogen and oxygen atoms in total. The first-order valence-electron chi connectivity index (χ1n) is 18.4. The molecule has 5 fully saturated rings. The number of rotatable bonds is 15. The van der Waals surface area contributed by atoms with Crippen LogP contribution < -0.4 is 0 Å². The average Bonchev–Trinajstić information content (AvgIpc) is 3.20. The number of hydrogen-bond donors (Lipinski definition) is 18. The Balaban J connectivity index is 1.32. The van der Waals surface area contributed by atoms with Crippen LogP contribution in [0.3, 0.4) is 0 Å². The Labute approximate surface area is 337 Å². The average molecular weight is 909 g/mol. The molecule has 5 rings (SSSR count). The van der Waals surface area contributed by atoms with E-state index in [1.165, 1.54) is 0 Å². The SMILES string of the molecule is O=P(O)(O)OC[C@H]1O[C@H](O[C@@H]2[C@H](O)[C@@H](O[C@@H]3[C@H](O)[C@@H](O[C@@H]4[C@H](O)[C@@H](O[C@H]5[C@@H](O)[C@H](O)[C@@H](CO)O[C@H]5O)O[C@H](CO)[C@H]4O)O[C@H](CO)[C@H]3O)O[C@H](CO)[C@H]2O)[C@@H](O)[C@@H](O)[C@@H]1O. The highest BCUT2D eigenvalue weighted by molar-refractivity contribution is 7.46. The van der Waals surface area contributed by atoms with Gasteiger partial charge < -0.3 is 134 Å². The maximum Gasteiger partial charge on any atom is 0.469 e. The molecule has 0 radical (unpaired) electrons. The Hall–Kier alpha value is -0.890. The molecule has 5 aliphatic heterocycles. The van der Waals surface area contributed by atoms with E-state index < -0.39 is 194 Å². The Morgan fingerprint density at radius 1 is 0.367 bits per heavy atom. The third kappa shape index (κ3) is 10.8. The molecule has 0 bridgehead atoms. The van der Waals surface area contributed by atoms with Crippen molar-refractivity contribution < 1.29 is 143 Å². The second kappa shape index (κ2) is 21.0. The van der Waals surface area contributed by atoms with E-state index in [-0.39, 0.29) is 0 Å². The number of ether oxygens (including phenoxy) is 9. The van der Waals surface area contributed by atoms with Crippen LogP contribution in [0.15, 0.2) is 0 Å². The first kappa shape index (κ1) is 50.1. The molecule has 0 aromatic heterocycles. The zero-order valence-electron chi connectivity index (χ0n) is 31.0. The molecule has 25 atom stereocenters. The summed E-state index contributed by atoms with van der Waals surface area (Å²) in [6.45, 7) is -4.90. The van der Waals surface area contributed by atoms with Gasteiger partial charge in [-0.15, -0.1) is 0 Å². The van der Waals surface area contributed by atoms with Gasteiger partial charge in [-0.2, -0.15) is 0 Å². The fourth-order valence-corrected chi connectivity index (χ4v) is 7.50. The smallest absolute Gasteiger partial charge is 0.394 e. The fourth-order valence-electron chi connectivity index (χ4n) is 7.15. The summed E-state index contributed by atoms with van der Waals surface area (Å²) in [6.07, 6.45) is -49.2. The van der Waals surface area contributed by atoms with Crippen LogP contribution in [0.1, 0.15) is 0 Å². The lowest BCUT2D eigenvalue weighted by molar-refractivity contribution is -0.396. The molecule has 0 aromatic carbocycles. The first-order valence-corrected chi connectivity index (χ1v) is 19.9. The van der Waals surface area contributed by atoms with Crippen LogP contribution >= 0.6 is 7.82 Å². The summed E-state index contributed by atoms with van der Waals surface area (Å²) < 4.78 is 64.4. The Bertz CT molecular complexity index is 1380. The van der Waals surface area contributed by atoms with Gasteiger partial charge in [0.1, 0.15) is 122 Å². The molecule has 5 aliphatic rings. The minimum atomic E-state index is -5.14. The second-order valence-electron chi connectivity index (χ2n) is 14.6. The minimum absolute atomic E-state index is 0.819. The van der Waals surface area contributed by atoms with Crippen molar-refractivity contribution >= 4 is 7.82 Å². The Morgan fingerprint density at radius 3 is 1.05 bits per heavy atom. The van der Waals surface area contributed by atoms with Crippen LogP contribution in [0.4, 0.5) is 0 Å². The van der Waals surface area contributed by atoms with Gasteiger partial charge in [0.05, 0.1) is 33.0 Å². The van der Waals surface area contributed by atoms with E-state index in [4.69, 9.17) is 52.4 Å². The predicted molar refractivity (Wildman–Crippen MR) is 177 cm³/mol. The molecule has 5 heterocycles. The Kier molecular flexibility index (Phi) is 17.5. The molecule has 30 heteroatoms. The molecule has 0 saturated carbocycles. The normalized spacial score (nSPS) is 50.7. The summed E-state index contributed by atoms with van der Waals surface area (Å²) in [4.78, 5) is 18.1. The monoisotopic (exact) mass is 908 g/mol. The van der Waals surface area contributed by atoms with Crippen LogP contribution in [0.2, 0.25) is 0 Å². The molecule has 5 saturated heterocycles. The number of aliphatic hydroxyl groups excluding tert-OH is 16. The minimum Gasteiger partial charge on any atom is -0.394 e. The Morgan fingerprint density at radius 2 is 0.683 bits per heavy atom. The van der Waals surface area contributed by atoms with Crippen LogP contribution in [0.25, 0.3) is 0 Å². The van der Waals surface area contributed by atoms with Crippen molar-refractivity contribution in [3.05, 3.63) is 0 Å². The van der Waals surface area contributed by atoms with Crippen molar-refractivity contribution in [1.82, 2.24) is 0 Å². The van der Waals surface area contributed by atoms with Crippen molar-refractivity contribution in [2.75, 3.05) is 33.0 Å². The summed E-state index contributed by atoms with van der Waals surface area (Å²) in [5, 5.41) is 168. The highest BCUT2D eigenvalue weighted by Gasteiger charge is 2.57. The standard InChI is InChI=1S/C30H53O29P/c31-1-6-11(35)17(41)25(26(46)51-6)59-30-21(45)24(15(39)9(4-34)54-30)58-29-20(44)23(14(38)8(3-33)53-29)57-28-19(43)22(13(37)7(2-32)52-28)56-27-18(42)16(40)12(36)10(55-27)5-50-60(47,48)49/h6-46H,1-5H2,(H2,47,48,49)/t6-,7-,8-,9-,10-,11-,12-,13-,14-,15-,16+,17+,18+,19+,20+,21+,22+,23+,24+,25+,26-,27-,28-,29-,30-/m1/s1. The van der Waals surface area contributed by atoms with Crippen molar-refractivity contribution in [1.29, 1.82) is 0 Å². The molecule has 60 heavy (non-hydrogen) atoms. The lowest BCUT2D eigenvalue weighted by Gasteiger charge is -2.49. The van der Waals surface area contributed by atoms with Crippen molar-refractivity contribution in [3.8, 4) is 0 Å². The fraction of sp³-hybridized carbons (Fsp3) is 1.00. The van der Waals surface area contributed by atoms with Gasteiger partial charge in [0.25, 0.3) is 0 Å². The highest BCUT2D eigenvalue weighted by atomic mass is 31.2. The van der Waals surface area contributed by atoms with Gasteiger partial charge in [-0.05, 0) is 0 Å². The maximum atomic E-state index is 11.4. The first-order chi connectivity index (χ1) is 28.2. The third-order valence-corrected chi connectivity index (χ3v) is 11.0. The van der Waals surface area contributed by atoms with Crippen molar-refractivity contribution in [2.24, 2.45) is 0 Å². The van der Waals surface area contributed by atoms with Gasteiger partial charge >= 0.3 is 7.82 Å². The highest BCUT2D eigenvalue weighted by Crippen LogP contribution is 2.38. The summed E-state index contributed by atoms with van der Waals surface area (Å²) in [7, 11) is -5.14. The van der Waals surface area contributed by atoms with Gasteiger partial charge in [-0.25, -0.2) is 4.57 Å². The summed E-state index contributed by atoms with van der Waals surface area (Å²) in [5.41, 5.74) is 0. The van der Waals surface area contributed by atoms with Crippen molar-refractivity contribution in [3.63, 3.8) is 0 Å². The van der Waals surface area contributed by atoms with Crippen LogP contribution in [-0.4, -0.2) is 278 Å². The van der Waals surface area contributed by atoms with Gasteiger partial charge in [0.15, 0.2) is 31.5 Å². The topological polar surface area (TPSA) is 474 Å². The van der Waals surface area contributed by atoms with E-state index in [1.807, 2.05) is 0 Å². The van der Waals surface area contributed by atoms with E-state index in [0.29, 0.717) is 0 Å². The number of aliphatic hydroxyl groups is 16. The summed E-state index contributed by atoms with van der Waals surface area (Å²) >= 11 is 0. The molecular formula is C30H53O29P. The van der Waals surface area contributed by atoms with Gasteiger partial charge in [-0.1, -0.05) is 0 Å². The van der Waals surface area contributed by atoms with Crippen molar-refractivity contribution in [2.45, 2.75) is 154 Å². The van der Waals surface area contributed by atoms with Crippen LogP contribution in [-0.2, 0) is 51.7 Å². The molecule has 0 aliphatic carbocycles. The molecule has 352 valence electrons.